The van der Waals surface area contributed by atoms with Gasteiger partial charge in [0.05, 0.1) is 25.4 Å². The average Bonchev–Trinajstić information content (AvgIpc) is 3.24. The summed E-state index contributed by atoms with van der Waals surface area (Å²) >= 11 is 0. The third kappa shape index (κ3) is 46.2. The number of carbonyl (C=O) groups excluding carboxylic acids is 2. The molecule has 0 fully saturated rings. The summed E-state index contributed by atoms with van der Waals surface area (Å²) in [7, 11) is 0. The van der Waals surface area contributed by atoms with Gasteiger partial charge in [0.15, 0.2) is 0 Å². The highest BCUT2D eigenvalue weighted by molar-refractivity contribution is 5.76. The summed E-state index contributed by atoms with van der Waals surface area (Å²) in [6.07, 6.45) is 55.0. The molecule has 0 aromatic heterocycles. The normalized spacial score (nSPS) is 12.5. The molecule has 352 valence electrons. The Kier molecular flexibility index (Phi) is 48.6. The number of aliphatic hydroxyl groups is 2. The van der Waals surface area contributed by atoms with Crippen molar-refractivity contribution in [2.45, 2.75) is 315 Å². The summed E-state index contributed by atoms with van der Waals surface area (Å²) in [5.74, 6) is -0.0475. The molecule has 6 nitrogen and oxygen atoms in total. The summed E-state index contributed by atoms with van der Waals surface area (Å²) in [5, 5.41) is 23.2. The molecule has 3 N–H and O–H groups in total. The molecular weight excluding hydrogens is 731 g/mol. The fraction of sp³-hybridized carbons (Fsp3) is 0.962. The molecule has 59 heavy (non-hydrogen) atoms. The first-order chi connectivity index (χ1) is 29.0. The maximum atomic E-state index is 12.4. The Labute approximate surface area is 368 Å². The smallest absolute Gasteiger partial charge is 0.305 e. The maximum absolute atomic E-state index is 12.4. The van der Waals surface area contributed by atoms with Crippen LogP contribution in [0.25, 0.3) is 0 Å². The number of hydrogen-bond acceptors (Lipinski definition) is 5. The van der Waals surface area contributed by atoms with Crippen molar-refractivity contribution >= 4 is 11.9 Å². The molecule has 0 heterocycles. The van der Waals surface area contributed by atoms with Crippen molar-refractivity contribution in [2.75, 3.05) is 13.2 Å². The molecule has 2 atom stereocenters. The number of rotatable bonds is 50. The highest BCUT2D eigenvalue weighted by atomic mass is 16.5. The molecule has 0 saturated heterocycles. The molecule has 0 bridgehead atoms. The van der Waals surface area contributed by atoms with E-state index in [9.17, 15) is 19.8 Å². The number of carbonyl (C=O) groups is 2. The zero-order chi connectivity index (χ0) is 43.0. The molecule has 0 aliphatic heterocycles. The lowest BCUT2D eigenvalue weighted by molar-refractivity contribution is -0.143. The van der Waals surface area contributed by atoms with Gasteiger partial charge in [-0.25, -0.2) is 0 Å². The average molecular weight is 836 g/mol. The van der Waals surface area contributed by atoms with Crippen molar-refractivity contribution in [1.29, 1.82) is 0 Å². The van der Waals surface area contributed by atoms with Crippen LogP contribution in [0.15, 0.2) is 0 Å². The van der Waals surface area contributed by atoms with E-state index in [0.29, 0.717) is 25.9 Å². The zero-order valence-electron chi connectivity index (χ0n) is 40.0. The van der Waals surface area contributed by atoms with Gasteiger partial charge in [0, 0.05) is 12.8 Å². The van der Waals surface area contributed by atoms with Crippen LogP contribution in [-0.2, 0) is 14.3 Å². The van der Waals surface area contributed by atoms with Crippen LogP contribution in [0.3, 0.4) is 0 Å². The Bertz CT molecular complexity index is 837. The van der Waals surface area contributed by atoms with Crippen molar-refractivity contribution in [3.63, 3.8) is 0 Å². The van der Waals surface area contributed by atoms with E-state index in [1.165, 1.54) is 218 Å². The van der Waals surface area contributed by atoms with Crippen LogP contribution < -0.4 is 5.32 Å². The third-order valence-corrected chi connectivity index (χ3v) is 12.7. The summed E-state index contributed by atoms with van der Waals surface area (Å²) in [6.45, 7) is 4.94. The monoisotopic (exact) mass is 836 g/mol. The van der Waals surface area contributed by atoms with Crippen molar-refractivity contribution in [1.82, 2.24) is 5.32 Å². The van der Waals surface area contributed by atoms with Crippen molar-refractivity contribution < 1.29 is 24.5 Å². The van der Waals surface area contributed by atoms with Crippen molar-refractivity contribution in [3.8, 4) is 0 Å². The molecule has 2 unspecified atom stereocenters. The topological polar surface area (TPSA) is 95.9 Å². The van der Waals surface area contributed by atoms with E-state index < -0.39 is 12.1 Å². The maximum Gasteiger partial charge on any atom is 0.305 e. The Morgan fingerprint density at radius 2 is 0.695 bits per heavy atom. The van der Waals surface area contributed by atoms with Crippen molar-refractivity contribution in [3.05, 3.63) is 0 Å². The van der Waals surface area contributed by atoms with Gasteiger partial charge in [-0.2, -0.15) is 0 Å². The summed E-state index contributed by atoms with van der Waals surface area (Å²) in [5.41, 5.74) is 0. The first-order valence-corrected chi connectivity index (χ1v) is 26.8. The second-order valence-electron chi connectivity index (χ2n) is 18.6. The van der Waals surface area contributed by atoms with Crippen LogP contribution in [0, 0.1) is 0 Å². The molecule has 6 heteroatoms. The van der Waals surface area contributed by atoms with Crippen LogP contribution in [0.1, 0.15) is 303 Å². The molecule has 0 aromatic carbocycles. The Hall–Kier alpha value is -1.14. The number of ether oxygens (including phenoxy) is 1. The number of aliphatic hydroxyl groups excluding tert-OH is 2. The molecule has 1 amide bonds. The van der Waals surface area contributed by atoms with E-state index in [4.69, 9.17) is 4.74 Å². The fourth-order valence-corrected chi connectivity index (χ4v) is 8.52. The number of hydrogen-bond donors (Lipinski definition) is 3. The van der Waals surface area contributed by atoms with Gasteiger partial charge in [-0.1, -0.05) is 264 Å². The van der Waals surface area contributed by atoms with Gasteiger partial charge >= 0.3 is 5.97 Å². The lowest BCUT2D eigenvalue weighted by atomic mass is 10.0. The SMILES string of the molecule is CCCCCCCCCCCCCCCCCCC(=O)OCCCCCCCCCCCCCCCC(=O)NC(CO)C(O)CCCCCCCCCCCCCCC. The van der Waals surface area contributed by atoms with E-state index in [2.05, 4.69) is 19.2 Å². The predicted octanol–water partition coefficient (Wildman–Crippen LogP) is 16.0. The molecule has 0 aliphatic carbocycles. The van der Waals surface area contributed by atoms with Gasteiger partial charge in [-0.3, -0.25) is 9.59 Å². The summed E-state index contributed by atoms with van der Waals surface area (Å²) < 4.78 is 5.47. The van der Waals surface area contributed by atoms with Crippen molar-refractivity contribution in [2.24, 2.45) is 0 Å². The number of nitrogens with one attached hydrogen (secondary N) is 1. The van der Waals surface area contributed by atoms with Crippen LogP contribution in [0.5, 0.6) is 0 Å². The minimum atomic E-state index is -0.670. The molecular formula is C53H105NO5. The first kappa shape index (κ1) is 57.9. The highest BCUT2D eigenvalue weighted by Gasteiger charge is 2.20. The highest BCUT2D eigenvalue weighted by Crippen LogP contribution is 2.17. The van der Waals surface area contributed by atoms with Crippen LogP contribution in [0.2, 0.25) is 0 Å². The Morgan fingerprint density at radius 3 is 1.03 bits per heavy atom. The largest absolute Gasteiger partial charge is 0.466 e. The van der Waals surface area contributed by atoms with Gasteiger partial charge in [-0.15, -0.1) is 0 Å². The molecule has 0 saturated carbocycles. The summed E-state index contributed by atoms with van der Waals surface area (Å²) in [4.78, 5) is 24.5. The van der Waals surface area contributed by atoms with Gasteiger partial charge in [0.25, 0.3) is 0 Å². The molecule has 0 rings (SSSR count). The standard InChI is InChI=1S/C53H105NO5/c1-3-5-7-9-11-13-15-17-18-19-23-27-31-35-39-43-47-53(58)59-48-44-40-36-32-28-24-20-22-26-30-34-38-42-46-52(57)54-50(49-55)51(56)45-41-37-33-29-25-21-16-14-12-10-8-6-4-2/h50-51,55-56H,3-49H2,1-2H3,(H,54,57). The van der Waals surface area contributed by atoms with Crippen LogP contribution >= 0.6 is 0 Å². The number of amides is 1. The van der Waals surface area contributed by atoms with Crippen LogP contribution in [0.4, 0.5) is 0 Å². The lowest BCUT2D eigenvalue weighted by Crippen LogP contribution is -2.45. The number of esters is 1. The molecule has 0 spiro atoms. The predicted molar refractivity (Wildman–Crippen MR) is 255 cm³/mol. The molecule has 0 aromatic rings. The second-order valence-corrected chi connectivity index (χ2v) is 18.6. The molecule has 0 aliphatic rings. The van der Waals surface area contributed by atoms with Gasteiger partial charge in [-0.05, 0) is 25.7 Å². The Morgan fingerprint density at radius 1 is 0.407 bits per heavy atom. The summed E-state index contributed by atoms with van der Waals surface area (Å²) in [6, 6.07) is -0.548. The quantitative estimate of drug-likeness (QED) is 0.0419. The van der Waals surface area contributed by atoms with Crippen LogP contribution in [-0.4, -0.2) is 47.4 Å². The van der Waals surface area contributed by atoms with E-state index in [-0.39, 0.29) is 18.5 Å². The lowest BCUT2D eigenvalue weighted by Gasteiger charge is -2.22. The van der Waals surface area contributed by atoms with E-state index in [0.717, 1.165) is 51.4 Å². The number of unbranched alkanes of at least 4 members (excludes halogenated alkanes) is 39. The first-order valence-electron chi connectivity index (χ1n) is 26.8. The van der Waals surface area contributed by atoms with E-state index in [1.54, 1.807) is 0 Å². The Balaban J connectivity index is 3.41. The van der Waals surface area contributed by atoms with Gasteiger partial charge < -0.3 is 20.3 Å². The van der Waals surface area contributed by atoms with Gasteiger partial charge in [0.2, 0.25) is 5.91 Å². The fourth-order valence-electron chi connectivity index (χ4n) is 8.52. The van der Waals surface area contributed by atoms with E-state index in [1.807, 2.05) is 0 Å². The second kappa shape index (κ2) is 49.5. The third-order valence-electron chi connectivity index (χ3n) is 12.7. The molecule has 0 radical (unpaired) electrons. The minimum absolute atomic E-state index is 0.00136. The van der Waals surface area contributed by atoms with E-state index >= 15 is 0 Å². The zero-order valence-corrected chi connectivity index (χ0v) is 40.0. The van der Waals surface area contributed by atoms with Gasteiger partial charge in [0.1, 0.15) is 0 Å². The minimum Gasteiger partial charge on any atom is -0.466 e.